The molecule has 2 rings (SSSR count). The summed E-state index contributed by atoms with van der Waals surface area (Å²) in [4.78, 5) is 24.7. The first kappa shape index (κ1) is 24.0. The number of methoxy groups -OCH3 is 1. The lowest BCUT2D eigenvalue weighted by Gasteiger charge is -2.30. The molecular formula is C22H32O8. The number of hydrogen-bond acceptors (Lipinski definition) is 7. The molecule has 1 aliphatic rings. The van der Waals surface area contributed by atoms with Gasteiger partial charge in [0.2, 0.25) is 0 Å². The summed E-state index contributed by atoms with van der Waals surface area (Å²) in [6.45, 7) is 6.40. The van der Waals surface area contributed by atoms with Gasteiger partial charge in [-0.25, -0.2) is 0 Å². The van der Waals surface area contributed by atoms with Crippen molar-refractivity contribution in [2.75, 3.05) is 33.5 Å². The molecule has 0 bridgehead atoms. The molecule has 1 fully saturated rings. The van der Waals surface area contributed by atoms with Gasteiger partial charge in [-0.2, -0.15) is 0 Å². The van der Waals surface area contributed by atoms with Gasteiger partial charge < -0.3 is 28.8 Å². The topological polar surface area (TPSA) is 101 Å². The minimum atomic E-state index is -1.50. The fourth-order valence-corrected chi connectivity index (χ4v) is 3.23. The summed E-state index contributed by atoms with van der Waals surface area (Å²) in [5.41, 5.74) is 0.536. The van der Waals surface area contributed by atoms with Gasteiger partial charge in [0.15, 0.2) is 23.7 Å². The zero-order valence-electron chi connectivity index (χ0n) is 18.1. The van der Waals surface area contributed by atoms with Crippen LogP contribution in [-0.2, 0) is 23.8 Å². The maximum atomic E-state index is 12.6. The molecule has 0 aromatic heterocycles. The number of ether oxygens (including phenoxy) is 5. The Morgan fingerprint density at radius 2 is 1.73 bits per heavy atom. The standard InChI is InChI=1S/C22H32O8/c1-5-27-21(25)19(20(23)24)18(22(28-6-2)29-7-3)15-10-11-16(26-4)17(12-15)30-13-14-8-9-14/h10-12,14,18-19,22H,5-9,13H2,1-4H3,(H,23,24). The van der Waals surface area contributed by atoms with E-state index >= 15 is 0 Å². The van der Waals surface area contributed by atoms with Crippen LogP contribution in [0.3, 0.4) is 0 Å². The van der Waals surface area contributed by atoms with E-state index < -0.39 is 30.1 Å². The van der Waals surface area contributed by atoms with Crippen LogP contribution in [0.5, 0.6) is 11.5 Å². The van der Waals surface area contributed by atoms with Gasteiger partial charge in [0.05, 0.1) is 26.2 Å². The Balaban J connectivity index is 2.48. The minimum absolute atomic E-state index is 0.0711. The molecule has 1 N–H and O–H groups in total. The number of rotatable bonds is 14. The summed E-state index contributed by atoms with van der Waals surface area (Å²) < 4.78 is 27.8. The lowest BCUT2D eigenvalue weighted by molar-refractivity contribution is -0.181. The van der Waals surface area contributed by atoms with E-state index in [2.05, 4.69) is 0 Å². The van der Waals surface area contributed by atoms with E-state index in [1.54, 1.807) is 46.1 Å². The van der Waals surface area contributed by atoms with E-state index in [9.17, 15) is 14.7 Å². The summed E-state index contributed by atoms with van der Waals surface area (Å²) >= 11 is 0. The first-order valence-electron chi connectivity index (χ1n) is 10.4. The molecule has 0 saturated heterocycles. The van der Waals surface area contributed by atoms with Crippen LogP contribution < -0.4 is 9.47 Å². The zero-order chi connectivity index (χ0) is 22.1. The van der Waals surface area contributed by atoms with Crippen molar-refractivity contribution in [3.63, 3.8) is 0 Å². The summed E-state index contributed by atoms with van der Waals surface area (Å²) in [5, 5.41) is 9.87. The van der Waals surface area contributed by atoms with Crippen LogP contribution in [0.4, 0.5) is 0 Å². The Labute approximate surface area is 177 Å². The molecule has 0 aliphatic heterocycles. The van der Waals surface area contributed by atoms with Crippen LogP contribution in [0.2, 0.25) is 0 Å². The molecule has 1 saturated carbocycles. The number of esters is 1. The molecule has 1 aliphatic carbocycles. The van der Waals surface area contributed by atoms with Crippen LogP contribution in [0.15, 0.2) is 18.2 Å². The first-order valence-corrected chi connectivity index (χ1v) is 10.4. The van der Waals surface area contributed by atoms with Crippen molar-refractivity contribution < 1.29 is 38.4 Å². The molecule has 30 heavy (non-hydrogen) atoms. The maximum Gasteiger partial charge on any atom is 0.321 e. The van der Waals surface area contributed by atoms with Crippen molar-refractivity contribution in [1.82, 2.24) is 0 Å². The predicted octanol–water partition coefficient (Wildman–Crippen LogP) is 3.23. The fourth-order valence-electron chi connectivity index (χ4n) is 3.23. The zero-order valence-corrected chi connectivity index (χ0v) is 18.1. The first-order chi connectivity index (χ1) is 14.5. The SMILES string of the molecule is CCOC(=O)C(C(=O)O)C(c1ccc(OC)c(OCC2CC2)c1)C(OCC)OCC. The number of carbonyl (C=O) groups excluding carboxylic acids is 1. The van der Waals surface area contributed by atoms with Crippen molar-refractivity contribution >= 4 is 11.9 Å². The van der Waals surface area contributed by atoms with Crippen LogP contribution in [0, 0.1) is 11.8 Å². The molecule has 0 radical (unpaired) electrons. The van der Waals surface area contributed by atoms with E-state index in [1.165, 1.54) is 0 Å². The molecule has 2 atom stereocenters. The van der Waals surface area contributed by atoms with Crippen molar-refractivity contribution in [3.05, 3.63) is 23.8 Å². The number of carbonyl (C=O) groups is 2. The number of benzene rings is 1. The Morgan fingerprint density at radius 3 is 2.23 bits per heavy atom. The van der Waals surface area contributed by atoms with Gasteiger partial charge in [-0.05, 0) is 57.2 Å². The Kier molecular flexibility index (Phi) is 9.39. The molecule has 8 heteroatoms. The van der Waals surface area contributed by atoms with E-state index in [-0.39, 0.29) is 19.8 Å². The van der Waals surface area contributed by atoms with Gasteiger partial charge in [0.1, 0.15) is 0 Å². The van der Waals surface area contributed by atoms with E-state index in [4.69, 9.17) is 23.7 Å². The lowest BCUT2D eigenvalue weighted by atomic mass is 9.84. The third kappa shape index (κ3) is 6.34. The van der Waals surface area contributed by atoms with E-state index in [0.717, 1.165) is 12.8 Å². The van der Waals surface area contributed by atoms with Crippen molar-refractivity contribution in [3.8, 4) is 11.5 Å². The lowest BCUT2D eigenvalue weighted by Crippen LogP contribution is -2.40. The number of aliphatic carboxylic acids is 1. The quantitative estimate of drug-likeness (QED) is 0.276. The summed E-state index contributed by atoms with van der Waals surface area (Å²) in [6, 6.07) is 5.10. The fraction of sp³-hybridized carbons (Fsp3) is 0.636. The van der Waals surface area contributed by atoms with E-state index in [1.807, 2.05) is 0 Å². The third-order valence-electron chi connectivity index (χ3n) is 4.86. The van der Waals surface area contributed by atoms with Gasteiger partial charge in [0.25, 0.3) is 0 Å². The molecule has 1 aromatic carbocycles. The maximum absolute atomic E-state index is 12.6. The molecule has 0 spiro atoms. The van der Waals surface area contributed by atoms with E-state index in [0.29, 0.717) is 29.6 Å². The summed E-state index contributed by atoms with van der Waals surface area (Å²) in [5.74, 6) is -3.03. The van der Waals surface area contributed by atoms with Crippen LogP contribution in [0.25, 0.3) is 0 Å². The molecule has 1 aromatic rings. The van der Waals surface area contributed by atoms with Gasteiger partial charge >= 0.3 is 11.9 Å². The largest absolute Gasteiger partial charge is 0.493 e. The number of hydrogen-bond donors (Lipinski definition) is 1. The van der Waals surface area contributed by atoms with Crippen molar-refractivity contribution in [2.24, 2.45) is 11.8 Å². The highest BCUT2D eigenvalue weighted by atomic mass is 16.7. The van der Waals surface area contributed by atoms with Gasteiger partial charge in [-0.1, -0.05) is 6.07 Å². The summed E-state index contributed by atoms with van der Waals surface area (Å²) in [7, 11) is 1.54. The smallest absolute Gasteiger partial charge is 0.321 e. The Hall–Kier alpha value is -2.32. The minimum Gasteiger partial charge on any atom is -0.493 e. The normalized spacial score (nSPS) is 15.5. The van der Waals surface area contributed by atoms with Crippen molar-refractivity contribution in [2.45, 2.75) is 45.8 Å². The predicted molar refractivity (Wildman–Crippen MR) is 109 cm³/mol. The molecule has 168 valence electrons. The van der Waals surface area contributed by atoms with Gasteiger partial charge in [-0.3, -0.25) is 9.59 Å². The average molecular weight is 424 g/mol. The number of carboxylic acid groups (broad SMARTS) is 1. The molecule has 8 nitrogen and oxygen atoms in total. The van der Waals surface area contributed by atoms with Gasteiger partial charge in [0, 0.05) is 13.2 Å². The number of carboxylic acids is 1. The second kappa shape index (κ2) is 11.8. The molecule has 2 unspecified atom stereocenters. The average Bonchev–Trinajstić information content (AvgIpc) is 3.54. The summed E-state index contributed by atoms with van der Waals surface area (Å²) in [6.07, 6.45) is 1.31. The molecular weight excluding hydrogens is 392 g/mol. The highest BCUT2D eigenvalue weighted by Gasteiger charge is 2.43. The Bertz CT molecular complexity index is 694. The van der Waals surface area contributed by atoms with Crippen LogP contribution in [0.1, 0.15) is 45.1 Å². The molecule has 0 heterocycles. The second-order valence-electron chi connectivity index (χ2n) is 7.04. The monoisotopic (exact) mass is 424 g/mol. The molecule has 0 amide bonds. The Morgan fingerprint density at radius 1 is 1.07 bits per heavy atom. The second-order valence-corrected chi connectivity index (χ2v) is 7.04. The van der Waals surface area contributed by atoms with Crippen LogP contribution >= 0.6 is 0 Å². The van der Waals surface area contributed by atoms with Gasteiger partial charge in [-0.15, -0.1) is 0 Å². The highest BCUT2D eigenvalue weighted by molar-refractivity contribution is 5.95. The van der Waals surface area contributed by atoms with Crippen molar-refractivity contribution in [1.29, 1.82) is 0 Å². The van der Waals surface area contributed by atoms with Crippen LogP contribution in [-0.4, -0.2) is 56.9 Å². The highest BCUT2D eigenvalue weighted by Crippen LogP contribution is 2.38. The third-order valence-corrected chi connectivity index (χ3v) is 4.86.